The van der Waals surface area contributed by atoms with E-state index in [1.807, 2.05) is 30.0 Å². The lowest BCUT2D eigenvalue weighted by atomic mass is 10.1. The minimum Gasteiger partial charge on any atom is -0.494 e. The monoisotopic (exact) mass is 374 g/mol. The van der Waals surface area contributed by atoms with E-state index < -0.39 is 0 Å². The lowest BCUT2D eigenvalue weighted by Crippen LogP contribution is -2.40. The molecule has 0 radical (unpaired) electrons. The summed E-state index contributed by atoms with van der Waals surface area (Å²) in [6.07, 6.45) is 6.54. The maximum atomic E-state index is 13.2. The number of ether oxygens (including phenoxy) is 2. The van der Waals surface area contributed by atoms with Crippen LogP contribution in [0.4, 0.5) is 5.13 Å². The van der Waals surface area contributed by atoms with Crippen molar-refractivity contribution in [3.05, 3.63) is 18.2 Å². The maximum absolute atomic E-state index is 13.2. The lowest BCUT2D eigenvalue weighted by molar-refractivity contribution is -0.122. The Bertz CT molecular complexity index is 764. The van der Waals surface area contributed by atoms with Crippen molar-refractivity contribution in [1.82, 2.24) is 4.98 Å². The fourth-order valence-corrected chi connectivity index (χ4v) is 4.92. The third kappa shape index (κ3) is 3.71. The summed E-state index contributed by atoms with van der Waals surface area (Å²) in [5, 5.41) is 0.793. The molecular weight excluding hydrogens is 348 g/mol. The number of thiazole rings is 1. The summed E-state index contributed by atoms with van der Waals surface area (Å²) in [7, 11) is 0. The van der Waals surface area contributed by atoms with Crippen molar-refractivity contribution in [2.24, 2.45) is 5.92 Å². The van der Waals surface area contributed by atoms with Gasteiger partial charge in [0.05, 0.1) is 29.5 Å². The number of carbonyl (C=O) groups is 1. The summed E-state index contributed by atoms with van der Waals surface area (Å²) in [6, 6.07) is 5.94. The molecule has 0 unspecified atom stereocenters. The van der Waals surface area contributed by atoms with E-state index in [4.69, 9.17) is 14.5 Å². The first-order valence-corrected chi connectivity index (χ1v) is 10.5. The van der Waals surface area contributed by atoms with Crippen molar-refractivity contribution in [3.8, 4) is 5.75 Å². The van der Waals surface area contributed by atoms with E-state index in [0.717, 1.165) is 66.2 Å². The Morgan fingerprint density at radius 1 is 1.31 bits per heavy atom. The standard InChI is InChI=1S/C20H26N2O3S/c1-2-24-15-9-10-17-18(12-15)26-20(21-17)22(13-16-8-5-11-25-16)19(23)14-6-3-4-7-14/h9-10,12,14,16H,2-8,11,13H2,1H3/t16-/m1/s1. The van der Waals surface area contributed by atoms with Gasteiger partial charge in [-0.1, -0.05) is 24.2 Å². The number of fused-ring (bicyclic) bond motifs is 1. The molecule has 2 fully saturated rings. The number of amides is 1. The molecule has 4 rings (SSSR count). The second-order valence-electron chi connectivity index (χ2n) is 7.12. The molecule has 1 atom stereocenters. The number of aromatic nitrogens is 1. The summed E-state index contributed by atoms with van der Waals surface area (Å²) < 4.78 is 12.5. The average molecular weight is 375 g/mol. The predicted molar refractivity (Wildman–Crippen MR) is 104 cm³/mol. The van der Waals surface area contributed by atoms with Gasteiger partial charge in [0.1, 0.15) is 5.75 Å². The van der Waals surface area contributed by atoms with E-state index in [0.29, 0.717) is 13.2 Å². The van der Waals surface area contributed by atoms with Crippen molar-refractivity contribution in [1.29, 1.82) is 0 Å². The molecule has 1 aromatic heterocycles. The van der Waals surface area contributed by atoms with Crippen LogP contribution in [0.15, 0.2) is 18.2 Å². The Kier molecular flexibility index (Phi) is 5.41. The minimum absolute atomic E-state index is 0.131. The molecule has 2 aliphatic rings. The molecule has 0 N–H and O–H groups in total. The number of benzene rings is 1. The number of hydrogen-bond donors (Lipinski definition) is 0. The van der Waals surface area contributed by atoms with Gasteiger partial charge in [-0.2, -0.15) is 0 Å². The quantitative estimate of drug-likeness (QED) is 0.752. The molecule has 2 aromatic rings. The topological polar surface area (TPSA) is 51.7 Å². The van der Waals surface area contributed by atoms with Crippen molar-refractivity contribution < 1.29 is 14.3 Å². The number of nitrogens with zero attached hydrogens (tertiary/aromatic N) is 2. The minimum atomic E-state index is 0.131. The second-order valence-corrected chi connectivity index (χ2v) is 8.13. The molecule has 1 saturated carbocycles. The van der Waals surface area contributed by atoms with Crippen molar-refractivity contribution in [2.45, 2.75) is 51.6 Å². The van der Waals surface area contributed by atoms with E-state index in [-0.39, 0.29) is 17.9 Å². The molecule has 1 amide bonds. The fraction of sp³-hybridized carbons (Fsp3) is 0.600. The van der Waals surface area contributed by atoms with Crippen LogP contribution in [0.3, 0.4) is 0 Å². The molecule has 2 heterocycles. The zero-order chi connectivity index (χ0) is 17.9. The van der Waals surface area contributed by atoms with E-state index in [2.05, 4.69) is 0 Å². The van der Waals surface area contributed by atoms with Crippen LogP contribution in [0.5, 0.6) is 5.75 Å². The molecule has 1 aliphatic carbocycles. The van der Waals surface area contributed by atoms with Gasteiger partial charge in [0.15, 0.2) is 5.13 Å². The molecule has 140 valence electrons. The molecule has 1 aliphatic heterocycles. The van der Waals surface area contributed by atoms with Crippen LogP contribution in [0.1, 0.15) is 45.4 Å². The van der Waals surface area contributed by atoms with Crippen molar-refractivity contribution >= 4 is 32.6 Å². The van der Waals surface area contributed by atoms with Crippen LogP contribution < -0.4 is 9.64 Å². The van der Waals surface area contributed by atoms with Gasteiger partial charge in [0.2, 0.25) is 5.91 Å². The van der Waals surface area contributed by atoms with Gasteiger partial charge in [-0.05, 0) is 50.8 Å². The largest absolute Gasteiger partial charge is 0.494 e. The zero-order valence-electron chi connectivity index (χ0n) is 15.3. The van der Waals surface area contributed by atoms with Gasteiger partial charge in [0, 0.05) is 12.5 Å². The second kappa shape index (κ2) is 7.92. The summed E-state index contributed by atoms with van der Waals surface area (Å²) in [4.78, 5) is 19.9. The summed E-state index contributed by atoms with van der Waals surface area (Å²) in [6.45, 7) is 4.04. The SMILES string of the molecule is CCOc1ccc2nc(N(C[C@H]3CCCO3)C(=O)C3CCCC3)sc2c1. The van der Waals surface area contributed by atoms with Gasteiger partial charge < -0.3 is 9.47 Å². The van der Waals surface area contributed by atoms with Gasteiger partial charge in [0.25, 0.3) is 0 Å². The number of carbonyl (C=O) groups excluding carboxylic acids is 1. The third-order valence-corrected chi connectivity index (χ3v) is 6.31. The van der Waals surface area contributed by atoms with Crippen LogP contribution in [-0.2, 0) is 9.53 Å². The molecule has 1 saturated heterocycles. The van der Waals surface area contributed by atoms with Crippen LogP contribution in [0.2, 0.25) is 0 Å². The van der Waals surface area contributed by atoms with E-state index in [1.54, 1.807) is 11.3 Å². The lowest BCUT2D eigenvalue weighted by Gasteiger charge is -2.25. The van der Waals surface area contributed by atoms with Gasteiger partial charge >= 0.3 is 0 Å². The van der Waals surface area contributed by atoms with Crippen LogP contribution in [0, 0.1) is 5.92 Å². The first-order chi connectivity index (χ1) is 12.7. The highest BCUT2D eigenvalue weighted by molar-refractivity contribution is 7.22. The van der Waals surface area contributed by atoms with Crippen molar-refractivity contribution in [3.63, 3.8) is 0 Å². The highest BCUT2D eigenvalue weighted by atomic mass is 32.1. The summed E-state index contributed by atoms with van der Waals surface area (Å²) in [5.41, 5.74) is 0.921. The average Bonchev–Trinajstić information content (AvgIpc) is 3.39. The molecule has 0 bridgehead atoms. The zero-order valence-corrected chi connectivity index (χ0v) is 16.1. The highest BCUT2D eigenvalue weighted by Crippen LogP contribution is 2.35. The van der Waals surface area contributed by atoms with Crippen LogP contribution in [-0.4, -0.2) is 36.8 Å². The molecule has 1 aromatic carbocycles. The normalized spacial score (nSPS) is 20.7. The van der Waals surface area contributed by atoms with Crippen LogP contribution >= 0.6 is 11.3 Å². The first-order valence-electron chi connectivity index (χ1n) is 9.71. The van der Waals surface area contributed by atoms with Crippen LogP contribution in [0.25, 0.3) is 10.2 Å². The number of hydrogen-bond acceptors (Lipinski definition) is 5. The Labute approximate surface area is 158 Å². The molecule has 5 nitrogen and oxygen atoms in total. The van der Waals surface area contributed by atoms with E-state index in [1.165, 1.54) is 0 Å². The van der Waals surface area contributed by atoms with Gasteiger partial charge in [-0.3, -0.25) is 9.69 Å². The van der Waals surface area contributed by atoms with E-state index in [9.17, 15) is 4.79 Å². The fourth-order valence-electron chi connectivity index (χ4n) is 3.91. The highest BCUT2D eigenvalue weighted by Gasteiger charge is 2.32. The number of rotatable bonds is 6. The summed E-state index contributed by atoms with van der Waals surface area (Å²) in [5.74, 6) is 1.22. The smallest absolute Gasteiger partial charge is 0.231 e. The number of anilines is 1. The molecular formula is C20H26N2O3S. The van der Waals surface area contributed by atoms with Crippen molar-refractivity contribution in [2.75, 3.05) is 24.7 Å². The molecule has 26 heavy (non-hydrogen) atoms. The Morgan fingerprint density at radius 3 is 2.88 bits per heavy atom. The molecule has 0 spiro atoms. The maximum Gasteiger partial charge on any atom is 0.231 e. The Hall–Kier alpha value is -1.66. The Balaban J connectivity index is 1.62. The van der Waals surface area contributed by atoms with E-state index >= 15 is 0 Å². The predicted octanol–water partition coefficient (Wildman–Crippen LogP) is 4.40. The summed E-state index contributed by atoms with van der Waals surface area (Å²) >= 11 is 1.57. The molecule has 6 heteroatoms. The Morgan fingerprint density at radius 2 is 2.15 bits per heavy atom. The first kappa shape index (κ1) is 17.7. The van der Waals surface area contributed by atoms with Gasteiger partial charge in [-0.25, -0.2) is 4.98 Å². The van der Waals surface area contributed by atoms with Gasteiger partial charge in [-0.15, -0.1) is 0 Å². The third-order valence-electron chi connectivity index (χ3n) is 5.27.